The Labute approximate surface area is 135 Å². The van der Waals surface area contributed by atoms with Gasteiger partial charge in [0.15, 0.2) is 0 Å². The van der Waals surface area contributed by atoms with Crippen LogP contribution in [0, 0.1) is 0 Å². The summed E-state index contributed by atoms with van der Waals surface area (Å²) in [5, 5.41) is 4.61. The maximum absolute atomic E-state index is 5.78. The van der Waals surface area contributed by atoms with Gasteiger partial charge in [-0.05, 0) is 30.3 Å². The van der Waals surface area contributed by atoms with Gasteiger partial charge in [-0.1, -0.05) is 24.3 Å². The van der Waals surface area contributed by atoms with E-state index in [2.05, 4.69) is 5.10 Å². The van der Waals surface area contributed by atoms with Gasteiger partial charge in [0.1, 0.15) is 17.2 Å². The molecule has 3 aromatic rings. The monoisotopic (exact) mass is 309 g/mol. The number of aromatic nitrogens is 2. The van der Waals surface area contributed by atoms with E-state index in [0.29, 0.717) is 6.54 Å². The van der Waals surface area contributed by atoms with Gasteiger partial charge in [-0.25, -0.2) is 4.68 Å². The molecule has 118 valence electrons. The van der Waals surface area contributed by atoms with Gasteiger partial charge < -0.3 is 15.2 Å². The molecule has 0 atom stereocenters. The number of ether oxygens (including phenoxy) is 2. The third-order valence-electron chi connectivity index (χ3n) is 3.65. The predicted octanol–water partition coefficient (Wildman–Crippen LogP) is 3.02. The van der Waals surface area contributed by atoms with Crippen LogP contribution in [-0.2, 0) is 6.54 Å². The Bertz CT molecular complexity index is 812. The van der Waals surface area contributed by atoms with Crippen LogP contribution >= 0.6 is 0 Å². The molecule has 3 rings (SSSR count). The molecule has 1 aromatic heterocycles. The average Bonchev–Trinajstić information content (AvgIpc) is 3.06. The Morgan fingerprint density at radius 1 is 1.00 bits per heavy atom. The van der Waals surface area contributed by atoms with E-state index < -0.39 is 0 Å². The molecule has 0 unspecified atom stereocenters. The van der Waals surface area contributed by atoms with Crippen molar-refractivity contribution in [2.75, 3.05) is 14.2 Å². The van der Waals surface area contributed by atoms with E-state index in [9.17, 15) is 0 Å². The van der Waals surface area contributed by atoms with E-state index in [-0.39, 0.29) is 0 Å². The van der Waals surface area contributed by atoms with Gasteiger partial charge in [0.05, 0.1) is 25.6 Å². The highest BCUT2D eigenvalue weighted by Gasteiger charge is 2.14. The van der Waals surface area contributed by atoms with Crippen molar-refractivity contribution in [2.24, 2.45) is 5.73 Å². The molecule has 2 aromatic carbocycles. The Balaban J connectivity index is 2.19. The molecule has 0 aliphatic rings. The first-order valence-electron chi connectivity index (χ1n) is 7.33. The fourth-order valence-electron chi connectivity index (χ4n) is 2.51. The number of nitrogens with two attached hydrogens (primary N) is 1. The van der Waals surface area contributed by atoms with Crippen molar-refractivity contribution in [1.29, 1.82) is 0 Å². The van der Waals surface area contributed by atoms with Crippen LogP contribution in [-0.4, -0.2) is 24.0 Å². The van der Waals surface area contributed by atoms with Gasteiger partial charge in [-0.15, -0.1) is 0 Å². The van der Waals surface area contributed by atoms with Crippen LogP contribution in [0.25, 0.3) is 16.9 Å². The van der Waals surface area contributed by atoms with E-state index in [1.165, 1.54) is 0 Å². The summed E-state index contributed by atoms with van der Waals surface area (Å²) in [6.45, 7) is 0.374. The highest BCUT2D eigenvalue weighted by atomic mass is 16.5. The lowest BCUT2D eigenvalue weighted by atomic mass is 10.1. The number of hydrogen-bond acceptors (Lipinski definition) is 4. The predicted molar refractivity (Wildman–Crippen MR) is 90.0 cm³/mol. The summed E-state index contributed by atoms with van der Waals surface area (Å²) < 4.78 is 12.6. The van der Waals surface area contributed by atoms with Gasteiger partial charge in [0, 0.05) is 12.1 Å². The van der Waals surface area contributed by atoms with Crippen molar-refractivity contribution in [2.45, 2.75) is 6.54 Å². The van der Waals surface area contributed by atoms with Gasteiger partial charge in [-0.3, -0.25) is 0 Å². The Morgan fingerprint density at radius 2 is 1.83 bits per heavy atom. The van der Waals surface area contributed by atoms with Crippen LogP contribution in [0.1, 0.15) is 5.69 Å². The lowest BCUT2D eigenvalue weighted by molar-refractivity contribution is 0.411. The van der Waals surface area contributed by atoms with Gasteiger partial charge in [0.2, 0.25) is 0 Å². The van der Waals surface area contributed by atoms with E-state index in [1.54, 1.807) is 14.2 Å². The zero-order chi connectivity index (χ0) is 16.2. The number of para-hydroxylation sites is 2. The second-order valence-corrected chi connectivity index (χ2v) is 5.04. The van der Waals surface area contributed by atoms with E-state index >= 15 is 0 Å². The van der Waals surface area contributed by atoms with Crippen LogP contribution in [0.4, 0.5) is 0 Å². The summed E-state index contributed by atoms with van der Waals surface area (Å²) in [5.41, 5.74) is 9.41. The molecule has 5 heteroatoms. The normalized spacial score (nSPS) is 10.6. The molecule has 0 aliphatic carbocycles. The summed E-state index contributed by atoms with van der Waals surface area (Å²) in [7, 11) is 3.30. The van der Waals surface area contributed by atoms with Crippen molar-refractivity contribution in [3.63, 3.8) is 0 Å². The quantitative estimate of drug-likeness (QED) is 0.787. The Morgan fingerprint density at radius 3 is 2.57 bits per heavy atom. The zero-order valence-electron chi connectivity index (χ0n) is 13.2. The number of rotatable bonds is 5. The fraction of sp³-hybridized carbons (Fsp3) is 0.167. The summed E-state index contributed by atoms with van der Waals surface area (Å²) in [4.78, 5) is 0. The fourth-order valence-corrected chi connectivity index (χ4v) is 2.51. The minimum absolute atomic E-state index is 0.374. The molecular weight excluding hydrogens is 290 g/mol. The third-order valence-corrected chi connectivity index (χ3v) is 3.65. The van der Waals surface area contributed by atoms with Crippen LogP contribution < -0.4 is 15.2 Å². The zero-order valence-corrected chi connectivity index (χ0v) is 13.2. The maximum atomic E-state index is 5.78. The average molecular weight is 309 g/mol. The van der Waals surface area contributed by atoms with Crippen molar-refractivity contribution in [1.82, 2.24) is 9.78 Å². The molecular formula is C18H19N3O2. The van der Waals surface area contributed by atoms with Gasteiger partial charge in [0.25, 0.3) is 0 Å². The first kappa shape index (κ1) is 15.1. The van der Waals surface area contributed by atoms with Gasteiger partial charge in [-0.2, -0.15) is 5.10 Å². The molecule has 0 spiro atoms. The van der Waals surface area contributed by atoms with Crippen LogP contribution in [0.3, 0.4) is 0 Å². The number of nitrogens with zero attached hydrogens (tertiary/aromatic N) is 2. The molecule has 23 heavy (non-hydrogen) atoms. The molecule has 5 nitrogen and oxygen atoms in total. The molecule has 0 radical (unpaired) electrons. The lowest BCUT2D eigenvalue weighted by Gasteiger charge is -2.12. The smallest absolute Gasteiger partial charge is 0.144 e. The SMILES string of the molecule is COc1cccc(-c2cc(CN)nn2-c2ccccc2OC)c1. The van der Waals surface area contributed by atoms with Crippen LogP contribution in [0.15, 0.2) is 54.6 Å². The van der Waals surface area contributed by atoms with Crippen molar-refractivity contribution in [3.05, 3.63) is 60.3 Å². The van der Waals surface area contributed by atoms with E-state index in [4.69, 9.17) is 15.2 Å². The number of methoxy groups -OCH3 is 2. The highest BCUT2D eigenvalue weighted by Crippen LogP contribution is 2.30. The summed E-state index contributed by atoms with van der Waals surface area (Å²) in [5.74, 6) is 1.55. The van der Waals surface area contributed by atoms with Crippen LogP contribution in [0.5, 0.6) is 11.5 Å². The van der Waals surface area contributed by atoms with Crippen molar-refractivity contribution in [3.8, 4) is 28.4 Å². The standard InChI is InChI=1S/C18H19N3O2/c1-22-15-7-5-6-13(10-15)17-11-14(12-19)20-21(17)16-8-3-4-9-18(16)23-2/h3-11H,12,19H2,1-2H3. The Hall–Kier alpha value is -2.79. The first-order chi connectivity index (χ1) is 11.3. The number of hydrogen-bond donors (Lipinski definition) is 1. The van der Waals surface area contributed by atoms with Gasteiger partial charge >= 0.3 is 0 Å². The second-order valence-electron chi connectivity index (χ2n) is 5.04. The maximum Gasteiger partial charge on any atom is 0.144 e. The number of benzene rings is 2. The van der Waals surface area contributed by atoms with Crippen molar-refractivity contribution >= 4 is 0 Å². The molecule has 0 fully saturated rings. The largest absolute Gasteiger partial charge is 0.497 e. The highest BCUT2D eigenvalue weighted by molar-refractivity contribution is 5.65. The minimum atomic E-state index is 0.374. The first-order valence-corrected chi connectivity index (χ1v) is 7.33. The van der Waals surface area contributed by atoms with Crippen molar-refractivity contribution < 1.29 is 9.47 Å². The summed E-state index contributed by atoms with van der Waals surface area (Å²) >= 11 is 0. The molecule has 0 aliphatic heterocycles. The summed E-state index contributed by atoms with van der Waals surface area (Å²) in [6.07, 6.45) is 0. The minimum Gasteiger partial charge on any atom is -0.497 e. The molecule has 0 bridgehead atoms. The summed E-state index contributed by atoms with van der Waals surface area (Å²) in [6, 6.07) is 17.6. The topological polar surface area (TPSA) is 62.3 Å². The van der Waals surface area contributed by atoms with Crippen LogP contribution in [0.2, 0.25) is 0 Å². The molecule has 0 saturated heterocycles. The van der Waals surface area contributed by atoms with E-state index in [1.807, 2.05) is 59.3 Å². The third kappa shape index (κ3) is 2.91. The molecule has 0 saturated carbocycles. The Kier molecular flexibility index (Phi) is 4.30. The molecule has 1 heterocycles. The second kappa shape index (κ2) is 6.54. The lowest BCUT2D eigenvalue weighted by Crippen LogP contribution is -2.03. The molecule has 0 amide bonds. The van der Waals surface area contributed by atoms with E-state index in [0.717, 1.165) is 34.1 Å². The molecule has 2 N–H and O–H groups in total.